The van der Waals surface area contributed by atoms with E-state index in [0.29, 0.717) is 12.4 Å². The number of benzene rings is 1. The average molecular weight is 403 g/mol. The fraction of sp³-hybridized carbons (Fsp3) is 0.304. The van der Waals surface area contributed by atoms with E-state index >= 15 is 0 Å². The zero-order chi connectivity index (χ0) is 21.1. The third-order valence-electron chi connectivity index (χ3n) is 5.49. The molecule has 1 aliphatic heterocycles. The van der Waals surface area contributed by atoms with Gasteiger partial charge in [0.15, 0.2) is 0 Å². The van der Waals surface area contributed by atoms with Crippen LogP contribution < -0.4 is 5.32 Å². The lowest BCUT2D eigenvalue weighted by atomic mass is 9.92. The van der Waals surface area contributed by atoms with Gasteiger partial charge in [-0.05, 0) is 56.2 Å². The third-order valence-corrected chi connectivity index (χ3v) is 5.49. The van der Waals surface area contributed by atoms with Gasteiger partial charge in [0, 0.05) is 55.1 Å². The summed E-state index contributed by atoms with van der Waals surface area (Å²) in [5.41, 5.74) is 2.50. The predicted molar refractivity (Wildman–Crippen MR) is 115 cm³/mol. The topological polar surface area (TPSA) is 91.2 Å². The minimum atomic E-state index is 0.0714. The van der Waals surface area contributed by atoms with E-state index in [-0.39, 0.29) is 23.6 Å². The van der Waals surface area contributed by atoms with Gasteiger partial charge in [-0.3, -0.25) is 9.78 Å². The van der Waals surface area contributed by atoms with Crippen molar-refractivity contribution in [3.8, 4) is 17.0 Å². The number of hydrogen-bond donors (Lipinski definition) is 2. The van der Waals surface area contributed by atoms with Crippen LogP contribution in [0.1, 0.15) is 38.4 Å². The summed E-state index contributed by atoms with van der Waals surface area (Å²) in [6.45, 7) is 4.32. The smallest absolute Gasteiger partial charge is 0.219 e. The molecule has 1 amide bonds. The molecule has 3 heterocycles. The van der Waals surface area contributed by atoms with Crippen LogP contribution in [0.15, 0.2) is 54.9 Å². The number of pyridine rings is 1. The molecule has 0 spiro atoms. The van der Waals surface area contributed by atoms with Gasteiger partial charge < -0.3 is 15.3 Å². The second kappa shape index (κ2) is 8.49. The van der Waals surface area contributed by atoms with Crippen molar-refractivity contribution in [2.24, 2.45) is 0 Å². The SMILES string of the molecule is CC(=O)N1C[C@H](c2nc(Nc3ccc(O)cc3)cc(-c3cccnc3)n2)CC[C@@H]1C. The molecule has 30 heavy (non-hydrogen) atoms. The normalized spacial score (nSPS) is 18.8. The van der Waals surface area contributed by atoms with Crippen LogP contribution >= 0.6 is 0 Å². The van der Waals surface area contributed by atoms with Gasteiger partial charge in [-0.15, -0.1) is 0 Å². The predicted octanol–water partition coefficient (Wildman–Crippen LogP) is 4.10. The number of aromatic hydroxyl groups is 1. The number of carbonyl (C=O) groups is 1. The van der Waals surface area contributed by atoms with Crippen LogP contribution in [0.5, 0.6) is 5.75 Å². The fourth-order valence-electron chi connectivity index (χ4n) is 3.82. The van der Waals surface area contributed by atoms with Crippen LogP contribution in [0.3, 0.4) is 0 Å². The molecule has 0 radical (unpaired) electrons. The monoisotopic (exact) mass is 403 g/mol. The summed E-state index contributed by atoms with van der Waals surface area (Å²) in [6.07, 6.45) is 5.36. The van der Waals surface area contributed by atoms with E-state index in [1.54, 1.807) is 43.6 Å². The molecule has 0 bridgehead atoms. The van der Waals surface area contributed by atoms with Crippen molar-refractivity contribution in [1.82, 2.24) is 19.9 Å². The molecule has 0 unspecified atom stereocenters. The van der Waals surface area contributed by atoms with Gasteiger partial charge in [-0.25, -0.2) is 9.97 Å². The molecule has 0 saturated carbocycles. The van der Waals surface area contributed by atoms with Gasteiger partial charge in [0.2, 0.25) is 5.91 Å². The lowest BCUT2D eigenvalue weighted by Gasteiger charge is -2.37. The molecule has 1 fully saturated rings. The second-order valence-electron chi connectivity index (χ2n) is 7.70. The van der Waals surface area contributed by atoms with Crippen molar-refractivity contribution < 1.29 is 9.90 Å². The van der Waals surface area contributed by atoms with Crippen LogP contribution in [-0.2, 0) is 4.79 Å². The molecule has 7 heteroatoms. The molecular formula is C23H25N5O2. The number of carbonyl (C=O) groups excluding carboxylic acids is 1. The molecule has 2 N–H and O–H groups in total. The Kier molecular flexibility index (Phi) is 5.61. The van der Waals surface area contributed by atoms with Crippen molar-refractivity contribution in [2.75, 3.05) is 11.9 Å². The van der Waals surface area contributed by atoms with Crippen LogP contribution in [-0.4, -0.2) is 43.5 Å². The summed E-state index contributed by atoms with van der Waals surface area (Å²) in [6, 6.07) is 12.8. The van der Waals surface area contributed by atoms with Crippen LogP contribution in [0.4, 0.5) is 11.5 Å². The number of hydrogen-bond acceptors (Lipinski definition) is 6. The standard InChI is InChI=1S/C23H25N5O2/c1-15-5-6-18(14-28(15)16(2)29)23-26-21(17-4-3-11-24-13-17)12-22(27-23)25-19-7-9-20(30)10-8-19/h3-4,7-13,15,18,30H,5-6,14H2,1-2H3,(H,25,26,27)/t15-,18+/m0/s1. The molecule has 7 nitrogen and oxygen atoms in total. The van der Waals surface area contributed by atoms with Gasteiger partial charge in [0.1, 0.15) is 17.4 Å². The molecule has 154 valence electrons. The molecule has 0 aliphatic carbocycles. The Morgan fingerprint density at radius 1 is 1.17 bits per heavy atom. The van der Waals surface area contributed by atoms with E-state index in [1.807, 2.05) is 23.1 Å². The highest BCUT2D eigenvalue weighted by Gasteiger charge is 2.30. The van der Waals surface area contributed by atoms with Gasteiger partial charge >= 0.3 is 0 Å². The first-order chi connectivity index (χ1) is 14.5. The Labute approximate surface area is 175 Å². The highest BCUT2D eigenvalue weighted by molar-refractivity contribution is 5.73. The number of aromatic nitrogens is 3. The number of rotatable bonds is 4. The summed E-state index contributed by atoms with van der Waals surface area (Å²) in [7, 11) is 0. The first-order valence-corrected chi connectivity index (χ1v) is 10.1. The van der Waals surface area contributed by atoms with Gasteiger partial charge in [-0.2, -0.15) is 0 Å². The van der Waals surface area contributed by atoms with E-state index in [1.165, 1.54) is 0 Å². The average Bonchev–Trinajstić information content (AvgIpc) is 2.76. The quantitative estimate of drug-likeness (QED) is 0.637. The maximum absolute atomic E-state index is 12.1. The lowest BCUT2D eigenvalue weighted by Crippen LogP contribution is -2.44. The third kappa shape index (κ3) is 4.40. The number of piperidine rings is 1. The minimum absolute atomic E-state index is 0.0714. The maximum atomic E-state index is 12.1. The largest absolute Gasteiger partial charge is 0.508 e. The molecule has 1 saturated heterocycles. The van der Waals surface area contributed by atoms with Crippen molar-refractivity contribution in [1.29, 1.82) is 0 Å². The van der Waals surface area contributed by atoms with E-state index in [4.69, 9.17) is 9.97 Å². The summed E-state index contributed by atoms with van der Waals surface area (Å²) >= 11 is 0. The van der Waals surface area contributed by atoms with E-state index < -0.39 is 0 Å². The van der Waals surface area contributed by atoms with E-state index in [0.717, 1.165) is 35.6 Å². The molecule has 2 atom stereocenters. The van der Waals surface area contributed by atoms with Gasteiger partial charge in [0.25, 0.3) is 0 Å². The Hall–Kier alpha value is -3.48. The minimum Gasteiger partial charge on any atom is -0.508 e. The zero-order valence-corrected chi connectivity index (χ0v) is 17.1. The van der Waals surface area contributed by atoms with Crippen molar-refractivity contribution in [3.05, 3.63) is 60.7 Å². The number of amides is 1. The van der Waals surface area contributed by atoms with Crippen molar-refractivity contribution in [2.45, 2.75) is 38.6 Å². The Morgan fingerprint density at radius 2 is 1.97 bits per heavy atom. The number of phenols is 1. The Bertz CT molecular complexity index is 1020. The van der Waals surface area contributed by atoms with Crippen LogP contribution in [0.25, 0.3) is 11.3 Å². The molecule has 1 aliphatic rings. The molecule has 1 aromatic carbocycles. The van der Waals surface area contributed by atoms with Crippen LogP contribution in [0.2, 0.25) is 0 Å². The molecular weight excluding hydrogens is 378 g/mol. The lowest BCUT2D eigenvalue weighted by molar-refractivity contribution is -0.132. The zero-order valence-electron chi connectivity index (χ0n) is 17.1. The first kappa shape index (κ1) is 19.8. The summed E-state index contributed by atoms with van der Waals surface area (Å²) in [5, 5.41) is 12.8. The van der Waals surface area contributed by atoms with Crippen LogP contribution in [0, 0.1) is 0 Å². The molecule has 4 rings (SSSR count). The summed E-state index contributed by atoms with van der Waals surface area (Å²) in [5.74, 6) is 1.74. The highest BCUT2D eigenvalue weighted by atomic mass is 16.3. The van der Waals surface area contributed by atoms with Gasteiger partial charge in [-0.1, -0.05) is 0 Å². The van der Waals surface area contributed by atoms with E-state index in [9.17, 15) is 9.90 Å². The number of nitrogens with zero attached hydrogens (tertiary/aromatic N) is 4. The fourth-order valence-corrected chi connectivity index (χ4v) is 3.82. The summed E-state index contributed by atoms with van der Waals surface area (Å²) in [4.78, 5) is 27.8. The summed E-state index contributed by atoms with van der Waals surface area (Å²) < 4.78 is 0. The van der Waals surface area contributed by atoms with Crippen molar-refractivity contribution >= 4 is 17.4 Å². The number of anilines is 2. The number of phenolic OH excluding ortho intramolecular Hbond substituents is 1. The molecule has 2 aromatic heterocycles. The van der Waals surface area contributed by atoms with Gasteiger partial charge in [0.05, 0.1) is 5.69 Å². The van der Waals surface area contributed by atoms with Crippen molar-refractivity contribution in [3.63, 3.8) is 0 Å². The highest BCUT2D eigenvalue weighted by Crippen LogP contribution is 2.31. The molecule has 3 aromatic rings. The number of nitrogens with one attached hydrogen (secondary N) is 1. The number of likely N-dealkylation sites (tertiary alicyclic amines) is 1. The Balaban J connectivity index is 1.70. The maximum Gasteiger partial charge on any atom is 0.219 e. The van der Waals surface area contributed by atoms with E-state index in [2.05, 4.69) is 17.2 Å². The first-order valence-electron chi connectivity index (χ1n) is 10.1. The second-order valence-corrected chi connectivity index (χ2v) is 7.70. The Morgan fingerprint density at radius 3 is 2.67 bits per heavy atom.